The van der Waals surface area contributed by atoms with Crippen LogP contribution in [0.25, 0.3) is 11.1 Å². The molecule has 0 bridgehead atoms. The highest BCUT2D eigenvalue weighted by molar-refractivity contribution is 5.72. The van der Waals surface area contributed by atoms with Crippen LogP contribution in [0.15, 0.2) is 36.7 Å². The van der Waals surface area contributed by atoms with E-state index < -0.39 is 11.9 Å². The number of hydrogen-bond donors (Lipinski definition) is 2. The summed E-state index contributed by atoms with van der Waals surface area (Å²) in [6, 6.07) is 5.46. The number of halogens is 1. The molecule has 0 aliphatic rings. The van der Waals surface area contributed by atoms with E-state index in [2.05, 4.69) is 4.98 Å². The molecule has 0 saturated carbocycles. The first-order chi connectivity index (χ1) is 8.09. The van der Waals surface area contributed by atoms with Gasteiger partial charge in [0.05, 0.1) is 6.10 Å². The monoisotopic (exact) mass is 233 g/mol. The summed E-state index contributed by atoms with van der Waals surface area (Å²) >= 11 is 0. The van der Waals surface area contributed by atoms with E-state index in [-0.39, 0.29) is 5.75 Å². The van der Waals surface area contributed by atoms with Crippen molar-refractivity contribution in [1.29, 1.82) is 0 Å². The van der Waals surface area contributed by atoms with E-state index in [1.807, 2.05) is 0 Å². The molecular weight excluding hydrogens is 221 g/mol. The lowest BCUT2D eigenvalue weighted by atomic mass is 9.98. The largest absolute Gasteiger partial charge is 0.507 e. The fraction of sp³-hybridized carbons (Fsp3) is 0.154. The Kier molecular flexibility index (Phi) is 3.06. The van der Waals surface area contributed by atoms with Crippen LogP contribution in [0.5, 0.6) is 5.75 Å². The highest BCUT2D eigenvalue weighted by Gasteiger charge is 2.13. The predicted octanol–water partition coefficient (Wildman–Crippen LogP) is 2.65. The van der Waals surface area contributed by atoms with Gasteiger partial charge in [0.15, 0.2) is 0 Å². The normalized spacial score (nSPS) is 12.4. The Bertz CT molecular complexity index is 541. The topological polar surface area (TPSA) is 53.4 Å². The molecule has 2 rings (SSSR count). The average molecular weight is 233 g/mol. The third-order valence-corrected chi connectivity index (χ3v) is 2.55. The standard InChI is InChI=1S/C13H12FNO2/c1-8(16)12-7-15-5-4-10(12)11-3-2-9(14)6-13(11)17/h2-8,16-17H,1H3. The number of nitrogens with zero attached hydrogens (tertiary/aromatic N) is 1. The van der Waals surface area contributed by atoms with E-state index in [0.29, 0.717) is 16.7 Å². The maximum absolute atomic E-state index is 12.9. The summed E-state index contributed by atoms with van der Waals surface area (Å²) in [4.78, 5) is 3.92. The first-order valence-electron chi connectivity index (χ1n) is 5.20. The van der Waals surface area contributed by atoms with Crippen LogP contribution < -0.4 is 0 Å². The van der Waals surface area contributed by atoms with Gasteiger partial charge in [-0.05, 0) is 30.7 Å². The first kappa shape index (κ1) is 11.5. The van der Waals surface area contributed by atoms with Gasteiger partial charge in [0.2, 0.25) is 0 Å². The Balaban J connectivity index is 2.60. The lowest BCUT2D eigenvalue weighted by Gasteiger charge is -2.12. The number of phenols is 1. The van der Waals surface area contributed by atoms with Gasteiger partial charge >= 0.3 is 0 Å². The third-order valence-electron chi connectivity index (χ3n) is 2.55. The molecule has 0 fully saturated rings. The molecule has 0 spiro atoms. The molecule has 88 valence electrons. The molecular formula is C13H12FNO2. The summed E-state index contributed by atoms with van der Waals surface area (Å²) in [5, 5.41) is 19.3. The van der Waals surface area contributed by atoms with Gasteiger partial charge in [0, 0.05) is 29.6 Å². The lowest BCUT2D eigenvalue weighted by Crippen LogP contribution is -1.96. The number of aromatic hydroxyl groups is 1. The molecule has 2 N–H and O–H groups in total. The fourth-order valence-electron chi connectivity index (χ4n) is 1.72. The van der Waals surface area contributed by atoms with Crippen LogP contribution in [0.1, 0.15) is 18.6 Å². The molecule has 4 heteroatoms. The minimum atomic E-state index is -0.705. The van der Waals surface area contributed by atoms with Crippen LogP contribution >= 0.6 is 0 Å². The summed E-state index contributed by atoms with van der Waals surface area (Å²) in [6.07, 6.45) is 2.38. The van der Waals surface area contributed by atoms with Crippen molar-refractivity contribution in [3.63, 3.8) is 0 Å². The number of phenolic OH excluding ortho intramolecular Hbond substituents is 1. The first-order valence-corrected chi connectivity index (χ1v) is 5.20. The Morgan fingerprint density at radius 1 is 1.24 bits per heavy atom. The number of rotatable bonds is 2. The fourth-order valence-corrected chi connectivity index (χ4v) is 1.72. The van der Waals surface area contributed by atoms with E-state index >= 15 is 0 Å². The SMILES string of the molecule is CC(O)c1cnccc1-c1ccc(F)cc1O. The molecule has 0 aliphatic carbocycles. The van der Waals surface area contributed by atoms with E-state index in [1.54, 1.807) is 19.2 Å². The number of hydrogen-bond acceptors (Lipinski definition) is 3. The van der Waals surface area contributed by atoms with Crippen molar-refractivity contribution in [2.24, 2.45) is 0 Å². The summed E-state index contributed by atoms with van der Waals surface area (Å²) in [7, 11) is 0. The quantitative estimate of drug-likeness (QED) is 0.838. The van der Waals surface area contributed by atoms with Gasteiger partial charge in [-0.3, -0.25) is 4.98 Å². The van der Waals surface area contributed by atoms with Gasteiger partial charge < -0.3 is 10.2 Å². The molecule has 0 saturated heterocycles. The molecule has 17 heavy (non-hydrogen) atoms. The summed E-state index contributed by atoms with van der Waals surface area (Å²) in [6.45, 7) is 1.61. The van der Waals surface area contributed by atoms with Crippen molar-refractivity contribution in [1.82, 2.24) is 4.98 Å². The molecule has 0 radical (unpaired) electrons. The Morgan fingerprint density at radius 2 is 2.00 bits per heavy atom. The van der Waals surface area contributed by atoms with Crippen LogP contribution in [0, 0.1) is 5.82 Å². The van der Waals surface area contributed by atoms with Crippen LogP contribution in [-0.4, -0.2) is 15.2 Å². The van der Waals surface area contributed by atoms with Crippen LogP contribution in [0.2, 0.25) is 0 Å². The van der Waals surface area contributed by atoms with Crippen LogP contribution in [0.3, 0.4) is 0 Å². The zero-order valence-electron chi connectivity index (χ0n) is 9.26. The van der Waals surface area contributed by atoms with Crippen LogP contribution in [-0.2, 0) is 0 Å². The van der Waals surface area contributed by atoms with E-state index in [9.17, 15) is 14.6 Å². The van der Waals surface area contributed by atoms with Gasteiger partial charge in [-0.1, -0.05) is 0 Å². The molecule has 1 atom stereocenters. The molecule has 1 aromatic heterocycles. The second-order valence-corrected chi connectivity index (χ2v) is 3.80. The van der Waals surface area contributed by atoms with Gasteiger partial charge in [-0.2, -0.15) is 0 Å². The number of aromatic nitrogens is 1. The molecule has 1 aromatic carbocycles. The van der Waals surface area contributed by atoms with Crippen molar-refractivity contribution in [2.75, 3.05) is 0 Å². The van der Waals surface area contributed by atoms with E-state index in [4.69, 9.17) is 0 Å². The minimum Gasteiger partial charge on any atom is -0.507 e. The van der Waals surface area contributed by atoms with Crippen molar-refractivity contribution in [3.05, 3.63) is 48.0 Å². The van der Waals surface area contributed by atoms with Crippen molar-refractivity contribution in [2.45, 2.75) is 13.0 Å². The van der Waals surface area contributed by atoms with Gasteiger partial charge in [-0.15, -0.1) is 0 Å². The van der Waals surface area contributed by atoms with E-state index in [1.165, 1.54) is 18.3 Å². The Morgan fingerprint density at radius 3 is 2.65 bits per heavy atom. The van der Waals surface area contributed by atoms with E-state index in [0.717, 1.165) is 6.07 Å². The van der Waals surface area contributed by atoms with Gasteiger partial charge in [-0.25, -0.2) is 4.39 Å². The molecule has 3 nitrogen and oxygen atoms in total. The van der Waals surface area contributed by atoms with Gasteiger partial charge in [0.25, 0.3) is 0 Å². The highest BCUT2D eigenvalue weighted by Crippen LogP contribution is 2.33. The summed E-state index contributed by atoms with van der Waals surface area (Å²) < 4.78 is 12.9. The summed E-state index contributed by atoms with van der Waals surface area (Å²) in [5.41, 5.74) is 1.71. The van der Waals surface area contributed by atoms with Gasteiger partial charge in [0.1, 0.15) is 11.6 Å². The number of pyridine rings is 1. The number of aliphatic hydroxyl groups is 1. The highest BCUT2D eigenvalue weighted by atomic mass is 19.1. The number of benzene rings is 1. The second-order valence-electron chi connectivity index (χ2n) is 3.80. The van der Waals surface area contributed by atoms with Crippen molar-refractivity contribution >= 4 is 0 Å². The van der Waals surface area contributed by atoms with Crippen molar-refractivity contribution < 1.29 is 14.6 Å². The molecule has 1 unspecified atom stereocenters. The molecule has 0 amide bonds. The maximum Gasteiger partial charge on any atom is 0.126 e. The Hall–Kier alpha value is -1.94. The maximum atomic E-state index is 12.9. The average Bonchev–Trinajstić information content (AvgIpc) is 2.29. The third kappa shape index (κ3) is 2.26. The predicted molar refractivity (Wildman–Crippen MR) is 61.9 cm³/mol. The van der Waals surface area contributed by atoms with Crippen molar-refractivity contribution in [3.8, 4) is 16.9 Å². The Labute approximate surface area is 98.2 Å². The number of aliphatic hydroxyl groups excluding tert-OH is 1. The molecule has 0 aliphatic heterocycles. The summed E-state index contributed by atoms with van der Waals surface area (Å²) in [5.74, 6) is -0.656. The zero-order valence-corrected chi connectivity index (χ0v) is 9.26. The molecule has 1 heterocycles. The zero-order chi connectivity index (χ0) is 12.4. The van der Waals surface area contributed by atoms with Crippen LogP contribution in [0.4, 0.5) is 4.39 Å². The minimum absolute atomic E-state index is 0.155. The smallest absolute Gasteiger partial charge is 0.126 e. The second kappa shape index (κ2) is 4.51. The molecule has 2 aromatic rings. The lowest BCUT2D eigenvalue weighted by molar-refractivity contribution is 0.199.